The third-order valence-electron chi connectivity index (χ3n) is 4.48. The number of ether oxygens (including phenoxy) is 1. The fourth-order valence-corrected chi connectivity index (χ4v) is 3.08. The fourth-order valence-electron chi connectivity index (χ4n) is 2.65. The number of hydrogen-bond acceptors (Lipinski definition) is 3. The average molecular weight is 393 g/mol. The molecule has 0 bridgehead atoms. The highest BCUT2D eigenvalue weighted by atomic mass is 35.5. The Bertz CT molecular complexity index is 879. The molecule has 1 aliphatic rings. The highest BCUT2D eigenvalue weighted by molar-refractivity contribution is 6.32. The highest BCUT2D eigenvalue weighted by Crippen LogP contribution is 2.48. The zero-order valence-corrected chi connectivity index (χ0v) is 15.9. The molecule has 7 heteroatoms. The largest absolute Gasteiger partial charge is 0.495 e. The molecule has 0 heterocycles. The molecule has 5 nitrogen and oxygen atoms in total. The Morgan fingerprint density at radius 3 is 2.35 bits per heavy atom. The van der Waals surface area contributed by atoms with Gasteiger partial charge in [0.1, 0.15) is 11.2 Å². The molecule has 0 aliphatic heterocycles. The lowest BCUT2D eigenvalue weighted by molar-refractivity contribution is -0.131. The standard InChI is InChI=1S/C19H18Cl2N2O3/c1-11-3-4-12(20)9-15(11)23-18(25)19(7-8-19)17(24)22-13-5-6-16(26-2)14(21)10-13/h3-6,9-10H,7-8H2,1-2H3,(H,22,24)(H,23,25). The van der Waals surface area contributed by atoms with Gasteiger partial charge in [-0.15, -0.1) is 0 Å². The summed E-state index contributed by atoms with van der Waals surface area (Å²) >= 11 is 12.1. The Balaban J connectivity index is 1.73. The molecule has 0 unspecified atom stereocenters. The Hall–Kier alpha value is -2.24. The maximum Gasteiger partial charge on any atom is 0.240 e. The van der Waals surface area contributed by atoms with Crippen LogP contribution in [-0.4, -0.2) is 18.9 Å². The number of carbonyl (C=O) groups is 2. The lowest BCUT2D eigenvalue weighted by Crippen LogP contribution is -2.35. The number of methoxy groups -OCH3 is 1. The molecule has 2 aromatic carbocycles. The van der Waals surface area contributed by atoms with E-state index < -0.39 is 5.41 Å². The summed E-state index contributed by atoms with van der Waals surface area (Å²) in [5.74, 6) is -0.170. The fraction of sp³-hybridized carbons (Fsp3) is 0.263. The van der Waals surface area contributed by atoms with Crippen LogP contribution in [0, 0.1) is 12.3 Å². The van der Waals surface area contributed by atoms with Crippen LogP contribution < -0.4 is 15.4 Å². The van der Waals surface area contributed by atoms with E-state index in [1.54, 1.807) is 30.3 Å². The molecule has 136 valence electrons. The van der Waals surface area contributed by atoms with Gasteiger partial charge in [0, 0.05) is 16.4 Å². The Morgan fingerprint density at radius 2 is 1.73 bits per heavy atom. The van der Waals surface area contributed by atoms with Crippen LogP contribution in [0.2, 0.25) is 10.0 Å². The molecule has 1 fully saturated rings. The molecule has 0 aromatic heterocycles. The van der Waals surface area contributed by atoms with E-state index in [4.69, 9.17) is 27.9 Å². The average Bonchev–Trinajstić information content (AvgIpc) is 3.40. The van der Waals surface area contributed by atoms with E-state index in [1.165, 1.54) is 7.11 Å². The zero-order chi connectivity index (χ0) is 18.9. The number of nitrogens with one attached hydrogen (secondary N) is 2. The second-order valence-corrected chi connectivity index (χ2v) is 7.14. The van der Waals surface area contributed by atoms with Crippen molar-refractivity contribution in [1.82, 2.24) is 0 Å². The first kappa shape index (κ1) is 18.5. The second-order valence-electron chi connectivity index (χ2n) is 6.30. The number of rotatable bonds is 5. The predicted molar refractivity (Wildman–Crippen MR) is 103 cm³/mol. The van der Waals surface area contributed by atoms with E-state index in [9.17, 15) is 9.59 Å². The van der Waals surface area contributed by atoms with Gasteiger partial charge in [-0.05, 0) is 55.7 Å². The van der Waals surface area contributed by atoms with E-state index in [0.29, 0.717) is 40.0 Å². The van der Waals surface area contributed by atoms with Gasteiger partial charge in [0.05, 0.1) is 12.1 Å². The Kier molecular flexibility index (Phi) is 5.12. The van der Waals surface area contributed by atoms with Crippen LogP contribution in [0.25, 0.3) is 0 Å². The minimum atomic E-state index is -1.07. The van der Waals surface area contributed by atoms with E-state index in [1.807, 2.05) is 13.0 Å². The van der Waals surface area contributed by atoms with Crippen molar-refractivity contribution in [2.75, 3.05) is 17.7 Å². The van der Waals surface area contributed by atoms with Crippen LogP contribution >= 0.6 is 23.2 Å². The summed E-state index contributed by atoms with van der Waals surface area (Å²) in [6.07, 6.45) is 0.988. The number of halogens is 2. The first-order valence-electron chi connectivity index (χ1n) is 8.08. The van der Waals surface area contributed by atoms with Crippen LogP contribution in [0.15, 0.2) is 36.4 Å². The lowest BCUT2D eigenvalue weighted by atomic mass is 10.0. The van der Waals surface area contributed by atoms with Gasteiger partial charge in [0.25, 0.3) is 0 Å². The summed E-state index contributed by atoms with van der Waals surface area (Å²) in [6, 6.07) is 10.2. The normalized spacial score (nSPS) is 14.5. The summed E-state index contributed by atoms with van der Waals surface area (Å²) in [5.41, 5.74) is 0.926. The van der Waals surface area contributed by atoms with Crippen molar-refractivity contribution in [3.05, 3.63) is 52.0 Å². The molecule has 2 amide bonds. The van der Waals surface area contributed by atoms with Crippen LogP contribution in [-0.2, 0) is 9.59 Å². The SMILES string of the molecule is COc1ccc(NC(=O)C2(C(=O)Nc3cc(Cl)ccc3C)CC2)cc1Cl. The molecule has 1 saturated carbocycles. The topological polar surface area (TPSA) is 67.4 Å². The minimum Gasteiger partial charge on any atom is -0.495 e. The van der Waals surface area contributed by atoms with Crippen molar-refractivity contribution in [3.8, 4) is 5.75 Å². The molecular weight excluding hydrogens is 375 g/mol. The Morgan fingerprint density at radius 1 is 1.04 bits per heavy atom. The van der Waals surface area contributed by atoms with E-state index in [2.05, 4.69) is 10.6 Å². The van der Waals surface area contributed by atoms with Crippen molar-refractivity contribution >= 4 is 46.4 Å². The predicted octanol–water partition coefficient (Wildman–Crippen LogP) is 4.67. The van der Waals surface area contributed by atoms with Gasteiger partial charge < -0.3 is 15.4 Å². The van der Waals surface area contributed by atoms with Crippen LogP contribution in [0.3, 0.4) is 0 Å². The van der Waals surface area contributed by atoms with Crippen molar-refractivity contribution in [3.63, 3.8) is 0 Å². The number of amides is 2. The number of hydrogen-bond donors (Lipinski definition) is 2. The molecule has 0 spiro atoms. The van der Waals surface area contributed by atoms with E-state index in [0.717, 1.165) is 5.56 Å². The van der Waals surface area contributed by atoms with Gasteiger partial charge in [-0.1, -0.05) is 29.3 Å². The summed E-state index contributed by atoms with van der Waals surface area (Å²) in [5, 5.41) is 6.49. The monoisotopic (exact) mass is 392 g/mol. The minimum absolute atomic E-state index is 0.333. The van der Waals surface area contributed by atoms with Gasteiger partial charge in [-0.3, -0.25) is 9.59 Å². The maximum atomic E-state index is 12.7. The first-order valence-corrected chi connectivity index (χ1v) is 8.84. The van der Waals surface area contributed by atoms with Crippen molar-refractivity contribution in [2.24, 2.45) is 5.41 Å². The van der Waals surface area contributed by atoms with Crippen LogP contribution in [0.1, 0.15) is 18.4 Å². The third-order valence-corrected chi connectivity index (χ3v) is 5.01. The van der Waals surface area contributed by atoms with Crippen LogP contribution in [0.5, 0.6) is 5.75 Å². The van der Waals surface area contributed by atoms with E-state index in [-0.39, 0.29) is 11.8 Å². The number of aryl methyl sites for hydroxylation is 1. The smallest absolute Gasteiger partial charge is 0.240 e. The molecule has 1 aliphatic carbocycles. The van der Waals surface area contributed by atoms with Gasteiger partial charge in [0.2, 0.25) is 11.8 Å². The first-order chi connectivity index (χ1) is 12.4. The van der Waals surface area contributed by atoms with E-state index >= 15 is 0 Å². The molecule has 0 radical (unpaired) electrons. The number of anilines is 2. The van der Waals surface area contributed by atoms with Crippen molar-refractivity contribution in [2.45, 2.75) is 19.8 Å². The Labute approximate surface area is 161 Å². The molecule has 0 atom stereocenters. The molecule has 26 heavy (non-hydrogen) atoms. The number of benzene rings is 2. The highest BCUT2D eigenvalue weighted by Gasteiger charge is 2.56. The molecule has 3 rings (SSSR count). The lowest BCUT2D eigenvalue weighted by Gasteiger charge is -2.17. The van der Waals surface area contributed by atoms with Gasteiger partial charge >= 0.3 is 0 Å². The zero-order valence-electron chi connectivity index (χ0n) is 14.4. The van der Waals surface area contributed by atoms with Gasteiger partial charge in [-0.2, -0.15) is 0 Å². The quantitative estimate of drug-likeness (QED) is 0.726. The summed E-state index contributed by atoms with van der Waals surface area (Å²) < 4.78 is 5.09. The maximum absolute atomic E-state index is 12.7. The molecular formula is C19H18Cl2N2O3. The number of carbonyl (C=O) groups excluding carboxylic acids is 2. The third kappa shape index (κ3) is 3.64. The van der Waals surface area contributed by atoms with Crippen molar-refractivity contribution < 1.29 is 14.3 Å². The van der Waals surface area contributed by atoms with Gasteiger partial charge in [-0.25, -0.2) is 0 Å². The second kappa shape index (κ2) is 7.17. The van der Waals surface area contributed by atoms with Gasteiger partial charge in [0.15, 0.2) is 0 Å². The van der Waals surface area contributed by atoms with Crippen molar-refractivity contribution in [1.29, 1.82) is 0 Å². The summed E-state index contributed by atoms with van der Waals surface area (Å²) in [4.78, 5) is 25.4. The molecule has 2 N–H and O–H groups in total. The summed E-state index contributed by atoms with van der Waals surface area (Å²) in [6.45, 7) is 1.87. The summed E-state index contributed by atoms with van der Waals surface area (Å²) in [7, 11) is 1.51. The molecule has 0 saturated heterocycles. The van der Waals surface area contributed by atoms with Crippen LogP contribution in [0.4, 0.5) is 11.4 Å². The molecule has 2 aromatic rings.